The van der Waals surface area contributed by atoms with Crippen molar-refractivity contribution in [2.75, 3.05) is 0 Å². The summed E-state index contributed by atoms with van der Waals surface area (Å²) in [6.45, 7) is 2.06. The lowest BCUT2D eigenvalue weighted by atomic mass is 10.2. The van der Waals surface area contributed by atoms with Crippen LogP contribution in [0.15, 0.2) is 0 Å². The fourth-order valence-corrected chi connectivity index (χ4v) is 0.479. The number of hydrogen-bond donors (Lipinski definition) is 1. The lowest BCUT2D eigenvalue weighted by molar-refractivity contribution is -0.158. The molecule has 0 radical (unpaired) electrons. The molecule has 13 heavy (non-hydrogen) atoms. The maximum Gasteiger partial charge on any atom is 0.408 e. The third-order valence-corrected chi connectivity index (χ3v) is 1.44. The predicted molar refractivity (Wildman–Crippen MR) is 38.4 cm³/mol. The van der Waals surface area contributed by atoms with E-state index < -0.39 is 24.0 Å². The number of nitriles is 1. The van der Waals surface area contributed by atoms with E-state index in [2.05, 4.69) is 0 Å². The summed E-state index contributed by atoms with van der Waals surface area (Å²) < 4.78 is 35.6. The summed E-state index contributed by atoms with van der Waals surface area (Å²) in [6.07, 6.45) is -4.47. The summed E-state index contributed by atoms with van der Waals surface area (Å²) in [4.78, 5) is 10.8. The van der Waals surface area contributed by atoms with Crippen LogP contribution in [0.1, 0.15) is 13.8 Å². The molecule has 3 nitrogen and oxygen atoms in total. The fraction of sp³-hybridized carbons (Fsp3) is 0.714. The molecule has 0 aromatic carbocycles. The second-order valence-corrected chi connectivity index (χ2v) is 2.62. The van der Waals surface area contributed by atoms with Crippen LogP contribution in [0.5, 0.6) is 0 Å². The highest BCUT2D eigenvalue weighted by Gasteiger charge is 2.37. The van der Waals surface area contributed by atoms with Gasteiger partial charge in [0.2, 0.25) is 5.91 Å². The van der Waals surface area contributed by atoms with Crippen LogP contribution in [0.4, 0.5) is 13.2 Å². The molecular weight excluding hydrogens is 185 g/mol. The van der Waals surface area contributed by atoms with Crippen LogP contribution < -0.4 is 5.32 Å². The Labute approximate surface area is 73.5 Å². The van der Waals surface area contributed by atoms with Crippen LogP contribution in [-0.2, 0) is 4.79 Å². The van der Waals surface area contributed by atoms with E-state index in [0.29, 0.717) is 0 Å². The second kappa shape index (κ2) is 4.12. The Kier molecular flexibility index (Phi) is 3.72. The minimum absolute atomic E-state index is 0.821. The van der Waals surface area contributed by atoms with Crippen LogP contribution >= 0.6 is 0 Å². The first-order chi connectivity index (χ1) is 5.79. The highest BCUT2D eigenvalue weighted by Crippen LogP contribution is 2.19. The molecule has 0 fully saturated rings. The molecule has 0 aliphatic rings. The van der Waals surface area contributed by atoms with Gasteiger partial charge in [-0.2, -0.15) is 18.4 Å². The molecule has 2 atom stereocenters. The SMILES string of the molecule is CC(C#N)C(=O)NC(C)C(F)(F)F. The average molecular weight is 194 g/mol. The van der Waals surface area contributed by atoms with Crippen LogP contribution in [0.25, 0.3) is 0 Å². The Hall–Kier alpha value is -1.25. The van der Waals surface area contributed by atoms with E-state index in [1.807, 2.05) is 0 Å². The lowest BCUT2D eigenvalue weighted by Crippen LogP contribution is -2.44. The Morgan fingerprint density at radius 3 is 2.23 bits per heavy atom. The van der Waals surface area contributed by atoms with Gasteiger partial charge in [-0.05, 0) is 13.8 Å². The van der Waals surface area contributed by atoms with Gasteiger partial charge in [-0.25, -0.2) is 0 Å². The highest BCUT2D eigenvalue weighted by atomic mass is 19.4. The number of carbonyl (C=O) groups is 1. The van der Waals surface area contributed by atoms with Gasteiger partial charge in [0.1, 0.15) is 12.0 Å². The summed E-state index contributed by atoms with van der Waals surface area (Å²) in [5.74, 6) is -1.97. The number of rotatable bonds is 2. The molecule has 0 saturated carbocycles. The minimum Gasteiger partial charge on any atom is -0.344 e. The fourth-order valence-electron chi connectivity index (χ4n) is 0.479. The Morgan fingerprint density at radius 1 is 1.46 bits per heavy atom. The monoisotopic (exact) mass is 194 g/mol. The summed E-state index contributed by atoms with van der Waals surface area (Å²) in [5, 5.41) is 9.91. The van der Waals surface area contributed by atoms with Gasteiger partial charge in [-0.1, -0.05) is 0 Å². The molecule has 0 rings (SSSR count). The molecule has 0 spiro atoms. The third-order valence-electron chi connectivity index (χ3n) is 1.44. The molecule has 0 bridgehead atoms. The van der Waals surface area contributed by atoms with Crippen molar-refractivity contribution in [1.29, 1.82) is 5.26 Å². The average Bonchev–Trinajstić information content (AvgIpc) is 2.01. The van der Waals surface area contributed by atoms with Gasteiger partial charge in [-0.3, -0.25) is 4.79 Å². The van der Waals surface area contributed by atoms with Crippen molar-refractivity contribution in [3.63, 3.8) is 0 Å². The van der Waals surface area contributed by atoms with Crippen molar-refractivity contribution < 1.29 is 18.0 Å². The molecule has 2 unspecified atom stereocenters. The molecule has 74 valence electrons. The van der Waals surface area contributed by atoms with E-state index in [4.69, 9.17) is 5.26 Å². The van der Waals surface area contributed by atoms with Gasteiger partial charge in [0.15, 0.2) is 0 Å². The van der Waals surface area contributed by atoms with Gasteiger partial charge in [-0.15, -0.1) is 0 Å². The minimum atomic E-state index is -4.47. The van der Waals surface area contributed by atoms with Crippen molar-refractivity contribution >= 4 is 5.91 Å². The Balaban J connectivity index is 4.17. The van der Waals surface area contributed by atoms with Gasteiger partial charge in [0, 0.05) is 0 Å². The lowest BCUT2D eigenvalue weighted by Gasteiger charge is -2.17. The van der Waals surface area contributed by atoms with E-state index in [-0.39, 0.29) is 0 Å². The molecular formula is C7H9F3N2O. The summed E-state index contributed by atoms with van der Waals surface area (Å²) >= 11 is 0. The molecule has 1 N–H and O–H groups in total. The van der Waals surface area contributed by atoms with Crippen molar-refractivity contribution in [2.24, 2.45) is 5.92 Å². The first kappa shape index (κ1) is 11.8. The van der Waals surface area contributed by atoms with Gasteiger partial charge >= 0.3 is 6.18 Å². The van der Waals surface area contributed by atoms with Gasteiger partial charge in [0.05, 0.1) is 6.07 Å². The van der Waals surface area contributed by atoms with Crippen LogP contribution in [-0.4, -0.2) is 18.1 Å². The van der Waals surface area contributed by atoms with E-state index >= 15 is 0 Å². The van der Waals surface area contributed by atoms with E-state index in [1.165, 1.54) is 6.92 Å². The predicted octanol–water partition coefficient (Wildman–Crippen LogP) is 1.21. The second-order valence-electron chi connectivity index (χ2n) is 2.62. The number of nitrogens with zero attached hydrogens (tertiary/aromatic N) is 1. The molecule has 0 aromatic rings. The van der Waals surface area contributed by atoms with Crippen molar-refractivity contribution in [3.8, 4) is 6.07 Å². The molecule has 6 heteroatoms. The zero-order chi connectivity index (χ0) is 10.6. The molecule has 1 amide bonds. The van der Waals surface area contributed by atoms with Gasteiger partial charge < -0.3 is 5.32 Å². The number of amides is 1. The molecule has 0 saturated heterocycles. The van der Waals surface area contributed by atoms with Crippen LogP contribution in [0, 0.1) is 17.2 Å². The largest absolute Gasteiger partial charge is 0.408 e. The third kappa shape index (κ3) is 3.78. The van der Waals surface area contributed by atoms with E-state index in [1.54, 1.807) is 11.4 Å². The summed E-state index contributed by atoms with van der Waals surface area (Å²) in [7, 11) is 0. The zero-order valence-corrected chi connectivity index (χ0v) is 7.14. The van der Waals surface area contributed by atoms with E-state index in [0.717, 1.165) is 6.92 Å². The number of carbonyl (C=O) groups excluding carboxylic acids is 1. The zero-order valence-electron chi connectivity index (χ0n) is 7.14. The van der Waals surface area contributed by atoms with Crippen molar-refractivity contribution in [3.05, 3.63) is 0 Å². The number of nitrogens with one attached hydrogen (secondary N) is 1. The number of alkyl halides is 3. The number of halogens is 3. The van der Waals surface area contributed by atoms with Gasteiger partial charge in [0.25, 0.3) is 0 Å². The summed E-state index contributed by atoms with van der Waals surface area (Å²) in [5.41, 5.74) is 0. The first-order valence-corrected chi connectivity index (χ1v) is 3.55. The first-order valence-electron chi connectivity index (χ1n) is 3.55. The van der Waals surface area contributed by atoms with Crippen LogP contribution in [0.2, 0.25) is 0 Å². The molecule has 0 aliphatic heterocycles. The summed E-state index contributed by atoms with van der Waals surface area (Å²) in [6, 6.07) is -0.378. The van der Waals surface area contributed by atoms with Crippen molar-refractivity contribution in [1.82, 2.24) is 5.32 Å². The highest BCUT2D eigenvalue weighted by molar-refractivity contribution is 5.80. The standard InChI is InChI=1S/C7H9F3N2O/c1-4(3-11)6(13)12-5(2)7(8,9)10/h4-5H,1-2H3,(H,12,13). The Bertz CT molecular complexity index is 231. The van der Waals surface area contributed by atoms with Crippen molar-refractivity contribution in [2.45, 2.75) is 26.1 Å². The van der Waals surface area contributed by atoms with Crippen LogP contribution in [0.3, 0.4) is 0 Å². The topological polar surface area (TPSA) is 52.9 Å². The van der Waals surface area contributed by atoms with E-state index in [9.17, 15) is 18.0 Å². The maximum absolute atomic E-state index is 11.9. The molecule has 0 heterocycles. The quantitative estimate of drug-likeness (QED) is 0.718. The molecule has 0 aliphatic carbocycles. The number of hydrogen-bond acceptors (Lipinski definition) is 2. The Morgan fingerprint density at radius 2 is 1.92 bits per heavy atom. The normalized spacial score (nSPS) is 15.7. The smallest absolute Gasteiger partial charge is 0.344 e. The maximum atomic E-state index is 11.9. The molecule has 0 aromatic heterocycles.